The monoisotopic (exact) mass is 276 g/mol. The van der Waals surface area contributed by atoms with Crippen molar-refractivity contribution < 1.29 is 9.59 Å². The quantitative estimate of drug-likeness (QED) is 0.667. The molecule has 2 amide bonds. The van der Waals surface area contributed by atoms with Gasteiger partial charge in [0.25, 0.3) is 5.91 Å². The Morgan fingerprint density at radius 1 is 1.25 bits per heavy atom. The SMILES string of the molecule is CNc1cc(C(=O)NCCNC(=O)C2CC2)cc(C)n1. The Kier molecular flexibility index (Phi) is 4.55. The highest BCUT2D eigenvalue weighted by atomic mass is 16.2. The maximum absolute atomic E-state index is 12.0. The highest BCUT2D eigenvalue weighted by molar-refractivity contribution is 5.95. The number of nitrogens with zero attached hydrogens (tertiary/aromatic N) is 1. The van der Waals surface area contributed by atoms with E-state index >= 15 is 0 Å². The molecule has 20 heavy (non-hydrogen) atoms. The molecule has 6 heteroatoms. The lowest BCUT2D eigenvalue weighted by atomic mass is 10.2. The van der Waals surface area contributed by atoms with Gasteiger partial charge in [-0.2, -0.15) is 0 Å². The average Bonchev–Trinajstić information content (AvgIpc) is 3.26. The van der Waals surface area contributed by atoms with E-state index in [1.165, 1.54) is 0 Å². The topological polar surface area (TPSA) is 83.1 Å². The second-order valence-corrected chi connectivity index (χ2v) is 4.95. The normalized spacial score (nSPS) is 13.7. The van der Waals surface area contributed by atoms with Crippen molar-refractivity contribution in [3.63, 3.8) is 0 Å². The van der Waals surface area contributed by atoms with Crippen LogP contribution in [0.25, 0.3) is 0 Å². The van der Waals surface area contributed by atoms with Gasteiger partial charge in [-0.05, 0) is 31.9 Å². The van der Waals surface area contributed by atoms with E-state index in [2.05, 4.69) is 20.9 Å². The van der Waals surface area contributed by atoms with Crippen molar-refractivity contribution in [1.82, 2.24) is 15.6 Å². The first-order valence-electron chi connectivity index (χ1n) is 6.82. The van der Waals surface area contributed by atoms with Crippen LogP contribution in [-0.2, 0) is 4.79 Å². The summed E-state index contributed by atoms with van der Waals surface area (Å²) in [5, 5.41) is 8.51. The Morgan fingerprint density at radius 3 is 2.60 bits per heavy atom. The molecule has 0 radical (unpaired) electrons. The third kappa shape index (κ3) is 3.94. The molecule has 1 aliphatic carbocycles. The smallest absolute Gasteiger partial charge is 0.251 e. The van der Waals surface area contributed by atoms with Gasteiger partial charge in [-0.1, -0.05) is 0 Å². The van der Waals surface area contributed by atoms with E-state index < -0.39 is 0 Å². The van der Waals surface area contributed by atoms with E-state index in [0.29, 0.717) is 24.5 Å². The van der Waals surface area contributed by atoms with Gasteiger partial charge in [0.2, 0.25) is 5.91 Å². The first-order chi connectivity index (χ1) is 9.60. The maximum Gasteiger partial charge on any atom is 0.251 e. The number of aromatic nitrogens is 1. The molecule has 2 rings (SSSR count). The van der Waals surface area contributed by atoms with E-state index in [1.54, 1.807) is 19.2 Å². The zero-order valence-corrected chi connectivity index (χ0v) is 11.8. The molecule has 0 atom stereocenters. The Morgan fingerprint density at radius 2 is 1.95 bits per heavy atom. The highest BCUT2D eigenvalue weighted by Crippen LogP contribution is 2.28. The van der Waals surface area contributed by atoms with Gasteiger partial charge in [0.15, 0.2) is 0 Å². The van der Waals surface area contributed by atoms with Crippen molar-refractivity contribution in [1.29, 1.82) is 0 Å². The van der Waals surface area contributed by atoms with Gasteiger partial charge in [0, 0.05) is 37.3 Å². The fourth-order valence-electron chi connectivity index (χ4n) is 1.88. The van der Waals surface area contributed by atoms with Crippen LogP contribution in [0, 0.1) is 12.8 Å². The van der Waals surface area contributed by atoms with Crippen LogP contribution in [0.1, 0.15) is 28.9 Å². The summed E-state index contributed by atoms with van der Waals surface area (Å²) >= 11 is 0. The minimum absolute atomic E-state index is 0.0940. The Hall–Kier alpha value is -2.11. The van der Waals surface area contributed by atoms with Gasteiger partial charge >= 0.3 is 0 Å². The zero-order chi connectivity index (χ0) is 14.5. The third-order valence-electron chi connectivity index (χ3n) is 3.13. The maximum atomic E-state index is 12.0. The van der Waals surface area contributed by atoms with Crippen LogP contribution in [0.4, 0.5) is 5.82 Å². The molecule has 3 N–H and O–H groups in total. The minimum Gasteiger partial charge on any atom is -0.373 e. The molecule has 1 heterocycles. The van der Waals surface area contributed by atoms with Crippen LogP contribution in [0.5, 0.6) is 0 Å². The summed E-state index contributed by atoms with van der Waals surface area (Å²) in [5.41, 5.74) is 1.35. The van der Waals surface area contributed by atoms with Crippen LogP contribution in [0.2, 0.25) is 0 Å². The number of carbonyl (C=O) groups excluding carboxylic acids is 2. The van der Waals surface area contributed by atoms with Crippen molar-refractivity contribution >= 4 is 17.6 Å². The molecule has 0 aromatic carbocycles. The van der Waals surface area contributed by atoms with Gasteiger partial charge in [0.1, 0.15) is 5.82 Å². The van der Waals surface area contributed by atoms with Crippen LogP contribution >= 0.6 is 0 Å². The number of aryl methyl sites for hydroxylation is 1. The highest BCUT2D eigenvalue weighted by Gasteiger charge is 2.28. The van der Waals surface area contributed by atoms with E-state index in [9.17, 15) is 9.59 Å². The number of hydrogen-bond donors (Lipinski definition) is 3. The summed E-state index contributed by atoms with van der Waals surface area (Å²) in [7, 11) is 1.76. The molecule has 108 valence electrons. The molecule has 1 aromatic rings. The van der Waals surface area contributed by atoms with Crippen LogP contribution < -0.4 is 16.0 Å². The van der Waals surface area contributed by atoms with Crippen molar-refractivity contribution in [3.8, 4) is 0 Å². The molecule has 1 fully saturated rings. The minimum atomic E-state index is -0.160. The summed E-state index contributed by atoms with van der Waals surface area (Å²) in [6.45, 7) is 2.73. The average molecular weight is 276 g/mol. The van der Waals surface area contributed by atoms with E-state index in [0.717, 1.165) is 18.5 Å². The standard InChI is InChI=1S/C14H20N4O2/c1-9-7-11(8-12(15-2)18-9)14(20)17-6-5-16-13(19)10-3-4-10/h7-8,10H,3-6H2,1-2H3,(H,15,18)(H,16,19)(H,17,20). The second-order valence-electron chi connectivity index (χ2n) is 4.95. The molecule has 0 unspecified atom stereocenters. The fourth-order valence-corrected chi connectivity index (χ4v) is 1.88. The fraction of sp³-hybridized carbons (Fsp3) is 0.500. The van der Waals surface area contributed by atoms with Crippen LogP contribution in [0.3, 0.4) is 0 Å². The van der Waals surface area contributed by atoms with E-state index in [-0.39, 0.29) is 17.7 Å². The summed E-state index contributed by atoms with van der Waals surface area (Å²) < 4.78 is 0. The Bertz CT molecular complexity index is 512. The van der Waals surface area contributed by atoms with Gasteiger partial charge in [-0.25, -0.2) is 4.98 Å². The lowest BCUT2D eigenvalue weighted by molar-refractivity contribution is -0.122. The zero-order valence-electron chi connectivity index (χ0n) is 11.8. The molecule has 1 saturated carbocycles. The number of amides is 2. The molecule has 0 spiro atoms. The predicted octanol–water partition coefficient (Wildman–Crippen LogP) is 0.688. The lowest BCUT2D eigenvalue weighted by Gasteiger charge is -2.08. The lowest BCUT2D eigenvalue weighted by Crippen LogP contribution is -2.35. The predicted molar refractivity (Wildman–Crippen MR) is 76.6 cm³/mol. The first-order valence-corrected chi connectivity index (χ1v) is 6.82. The van der Waals surface area contributed by atoms with Gasteiger partial charge in [-0.3, -0.25) is 9.59 Å². The Labute approximate surface area is 118 Å². The van der Waals surface area contributed by atoms with E-state index in [4.69, 9.17) is 0 Å². The Balaban J connectivity index is 1.79. The summed E-state index contributed by atoms with van der Waals surface area (Å²) in [6, 6.07) is 3.43. The first kappa shape index (κ1) is 14.3. The van der Waals surface area contributed by atoms with Crippen molar-refractivity contribution in [2.45, 2.75) is 19.8 Å². The second kappa shape index (κ2) is 6.36. The molecular weight excluding hydrogens is 256 g/mol. The summed E-state index contributed by atoms with van der Waals surface area (Å²) in [6.07, 6.45) is 1.97. The molecular formula is C14H20N4O2. The van der Waals surface area contributed by atoms with Crippen LogP contribution in [0.15, 0.2) is 12.1 Å². The van der Waals surface area contributed by atoms with Crippen molar-refractivity contribution in [2.75, 3.05) is 25.5 Å². The molecule has 1 aliphatic rings. The largest absolute Gasteiger partial charge is 0.373 e. The van der Waals surface area contributed by atoms with Gasteiger partial charge in [0.05, 0.1) is 0 Å². The van der Waals surface area contributed by atoms with Gasteiger partial charge < -0.3 is 16.0 Å². The number of nitrogens with one attached hydrogen (secondary N) is 3. The van der Waals surface area contributed by atoms with Gasteiger partial charge in [-0.15, -0.1) is 0 Å². The van der Waals surface area contributed by atoms with Crippen molar-refractivity contribution in [2.24, 2.45) is 5.92 Å². The number of carbonyl (C=O) groups is 2. The summed E-state index contributed by atoms with van der Waals surface area (Å²) in [5.74, 6) is 0.799. The molecule has 0 bridgehead atoms. The molecule has 0 saturated heterocycles. The number of pyridine rings is 1. The van der Waals surface area contributed by atoms with Crippen molar-refractivity contribution in [3.05, 3.63) is 23.4 Å². The van der Waals surface area contributed by atoms with E-state index in [1.807, 2.05) is 6.92 Å². The number of rotatable bonds is 6. The molecule has 6 nitrogen and oxygen atoms in total. The third-order valence-corrected chi connectivity index (χ3v) is 3.13. The molecule has 0 aliphatic heterocycles. The summed E-state index contributed by atoms with van der Waals surface area (Å²) in [4.78, 5) is 27.6. The number of hydrogen-bond acceptors (Lipinski definition) is 4. The van der Waals surface area contributed by atoms with Crippen LogP contribution in [-0.4, -0.2) is 36.9 Å². The molecule has 1 aromatic heterocycles. The number of anilines is 1.